The fraction of sp³-hybridized carbons (Fsp3) is 0.769. The molecule has 0 radical (unpaired) electrons. The summed E-state index contributed by atoms with van der Waals surface area (Å²) in [6.07, 6.45) is 2.46. The molecule has 1 heterocycles. The zero-order valence-corrected chi connectivity index (χ0v) is 12.5. The van der Waals surface area contributed by atoms with Gasteiger partial charge in [-0.05, 0) is 40.5 Å². The summed E-state index contributed by atoms with van der Waals surface area (Å²) in [7, 11) is 1.96. The molecule has 1 aromatic rings. The van der Waals surface area contributed by atoms with Crippen LogP contribution in [0.2, 0.25) is 0 Å². The van der Waals surface area contributed by atoms with Gasteiger partial charge in [0.25, 0.3) is 0 Å². The van der Waals surface area contributed by atoms with E-state index in [0.29, 0.717) is 12.6 Å². The minimum Gasteiger partial charge on any atom is -0.354 e. The first-order valence-corrected chi connectivity index (χ1v) is 6.79. The lowest BCUT2D eigenvalue weighted by Crippen LogP contribution is -2.48. The molecule has 0 unspecified atom stereocenters. The van der Waals surface area contributed by atoms with Gasteiger partial charge in [-0.25, -0.2) is 4.99 Å². The summed E-state index contributed by atoms with van der Waals surface area (Å²) in [4.78, 5) is 4.60. The van der Waals surface area contributed by atoms with Crippen LogP contribution in [-0.4, -0.2) is 32.3 Å². The van der Waals surface area contributed by atoms with E-state index in [1.807, 2.05) is 18.5 Å². The molecular weight excluding hydrogens is 240 g/mol. The van der Waals surface area contributed by atoms with E-state index in [9.17, 15) is 0 Å². The molecule has 2 rings (SSSR count). The van der Waals surface area contributed by atoms with Crippen LogP contribution in [0.25, 0.3) is 0 Å². The third kappa shape index (κ3) is 4.22. The number of hydrogen-bond acceptors (Lipinski definition) is 3. The van der Waals surface area contributed by atoms with Crippen LogP contribution in [0.1, 0.15) is 45.3 Å². The summed E-state index contributed by atoms with van der Waals surface area (Å²) in [5.74, 6) is 2.64. The number of nitrogens with one attached hydrogen (secondary N) is 2. The highest BCUT2D eigenvalue weighted by Gasteiger charge is 2.24. The Kier molecular flexibility index (Phi) is 3.78. The third-order valence-corrected chi connectivity index (χ3v) is 2.97. The maximum Gasteiger partial charge on any atom is 0.192 e. The summed E-state index contributed by atoms with van der Waals surface area (Å²) in [6.45, 7) is 8.86. The molecule has 0 spiro atoms. The van der Waals surface area contributed by atoms with Crippen molar-refractivity contribution in [1.29, 1.82) is 0 Å². The predicted octanol–water partition coefficient (Wildman–Crippen LogP) is 1.12. The molecule has 106 valence electrons. The van der Waals surface area contributed by atoms with E-state index in [-0.39, 0.29) is 5.54 Å². The van der Waals surface area contributed by atoms with Crippen LogP contribution in [-0.2, 0) is 13.6 Å². The Hall–Kier alpha value is -1.59. The summed E-state index contributed by atoms with van der Waals surface area (Å²) in [5, 5.41) is 15.0. The van der Waals surface area contributed by atoms with E-state index in [4.69, 9.17) is 0 Å². The highest BCUT2D eigenvalue weighted by molar-refractivity contribution is 5.81. The third-order valence-electron chi connectivity index (χ3n) is 2.97. The first-order valence-electron chi connectivity index (χ1n) is 6.79. The van der Waals surface area contributed by atoms with Crippen molar-refractivity contribution < 1.29 is 0 Å². The molecule has 1 aromatic heterocycles. The maximum absolute atomic E-state index is 4.60. The van der Waals surface area contributed by atoms with Gasteiger partial charge in [-0.15, -0.1) is 10.2 Å². The Bertz CT molecular complexity index is 464. The van der Waals surface area contributed by atoms with Crippen molar-refractivity contribution in [2.24, 2.45) is 12.0 Å². The van der Waals surface area contributed by atoms with Crippen molar-refractivity contribution in [3.8, 4) is 0 Å². The quantitative estimate of drug-likeness (QED) is 0.634. The predicted molar refractivity (Wildman–Crippen MR) is 75.9 cm³/mol. The molecule has 1 aliphatic rings. The average molecular weight is 264 g/mol. The number of aryl methyl sites for hydroxylation is 1. The molecular formula is C13H24N6. The molecule has 0 aromatic carbocycles. The van der Waals surface area contributed by atoms with Crippen LogP contribution >= 0.6 is 0 Å². The Morgan fingerprint density at radius 1 is 1.37 bits per heavy atom. The molecule has 0 amide bonds. The van der Waals surface area contributed by atoms with Crippen molar-refractivity contribution in [3.63, 3.8) is 0 Å². The summed E-state index contributed by atoms with van der Waals surface area (Å²) < 4.78 is 1.97. The van der Waals surface area contributed by atoms with Crippen molar-refractivity contribution in [3.05, 3.63) is 11.6 Å². The molecule has 0 aliphatic heterocycles. The summed E-state index contributed by atoms with van der Waals surface area (Å²) in [5.41, 5.74) is -0.00345. The van der Waals surface area contributed by atoms with Crippen molar-refractivity contribution >= 4 is 5.96 Å². The van der Waals surface area contributed by atoms with Crippen LogP contribution in [0.15, 0.2) is 4.99 Å². The van der Waals surface area contributed by atoms with Crippen LogP contribution < -0.4 is 10.6 Å². The average Bonchev–Trinajstić information content (AvgIpc) is 3.04. The van der Waals surface area contributed by atoms with Crippen LogP contribution in [0.3, 0.4) is 0 Å². The Morgan fingerprint density at radius 2 is 2.05 bits per heavy atom. The highest BCUT2D eigenvalue weighted by atomic mass is 15.3. The second-order valence-corrected chi connectivity index (χ2v) is 6.18. The first-order chi connectivity index (χ1) is 8.85. The van der Waals surface area contributed by atoms with Gasteiger partial charge < -0.3 is 15.2 Å². The Balaban J connectivity index is 2.04. The van der Waals surface area contributed by atoms with Gasteiger partial charge in [0.15, 0.2) is 11.8 Å². The summed E-state index contributed by atoms with van der Waals surface area (Å²) in [6, 6.07) is 0.579. The second kappa shape index (κ2) is 5.19. The molecule has 1 saturated carbocycles. The molecule has 0 atom stereocenters. The van der Waals surface area contributed by atoms with E-state index in [0.717, 1.165) is 17.6 Å². The van der Waals surface area contributed by atoms with E-state index in [1.54, 1.807) is 0 Å². The van der Waals surface area contributed by atoms with Crippen LogP contribution in [0, 0.1) is 6.92 Å². The molecule has 1 aliphatic carbocycles. The molecule has 6 nitrogen and oxygen atoms in total. The second-order valence-electron chi connectivity index (χ2n) is 6.18. The van der Waals surface area contributed by atoms with Crippen LogP contribution in [0.4, 0.5) is 0 Å². The lowest BCUT2D eigenvalue weighted by molar-refractivity contribution is 0.500. The lowest BCUT2D eigenvalue weighted by Gasteiger charge is -2.24. The van der Waals surface area contributed by atoms with Gasteiger partial charge in [0.1, 0.15) is 12.4 Å². The van der Waals surface area contributed by atoms with Gasteiger partial charge in [-0.1, -0.05) is 0 Å². The van der Waals surface area contributed by atoms with Gasteiger partial charge in [-0.2, -0.15) is 0 Å². The smallest absolute Gasteiger partial charge is 0.192 e. The molecule has 2 N–H and O–H groups in total. The molecule has 19 heavy (non-hydrogen) atoms. The first kappa shape index (κ1) is 13.8. The van der Waals surface area contributed by atoms with Gasteiger partial charge in [-0.3, -0.25) is 0 Å². The monoisotopic (exact) mass is 264 g/mol. The minimum atomic E-state index is -0.00345. The van der Waals surface area contributed by atoms with Gasteiger partial charge in [0.05, 0.1) is 0 Å². The fourth-order valence-electron chi connectivity index (χ4n) is 1.64. The zero-order chi connectivity index (χ0) is 14.0. The zero-order valence-electron chi connectivity index (χ0n) is 12.5. The van der Waals surface area contributed by atoms with Gasteiger partial charge >= 0.3 is 0 Å². The van der Waals surface area contributed by atoms with Crippen molar-refractivity contribution in [2.75, 3.05) is 0 Å². The standard InChI is InChI=1S/C13H24N6/c1-9-17-18-11(19(9)5)8-14-12(15-10-6-7-10)16-13(2,3)4/h10H,6-8H2,1-5H3,(H2,14,15,16). The number of aromatic nitrogens is 3. The van der Waals surface area contributed by atoms with Gasteiger partial charge in [0, 0.05) is 18.6 Å². The molecule has 0 saturated heterocycles. The number of guanidine groups is 1. The molecule has 6 heteroatoms. The normalized spacial score (nSPS) is 16.6. The number of nitrogens with zero attached hydrogens (tertiary/aromatic N) is 4. The highest BCUT2D eigenvalue weighted by Crippen LogP contribution is 2.18. The number of hydrogen-bond donors (Lipinski definition) is 2. The number of aliphatic imine (C=N–C) groups is 1. The largest absolute Gasteiger partial charge is 0.354 e. The topological polar surface area (TPSA) is 67.1 Å². The Labute approximate surface area is 114 Å². The maximum atomic E-state index is 4.60. The van der Waals surface area contributed by atoms with Gasteiger partial charge in [0.2, 0.25) is 0 Å². The SMILES string of the molecule is Cc1nnc(CN=C(NC2CC2)NC(C)(C)C)n1C. The molecule has 0 bridgehead atoms. The minimum absolute atomic E-state index is 0.00345. The van der Waals surface area contributed by atoms with Crippen molar-refractivity contribution in [1.82, 2.24) is 25.4 Å². The summed E-state index contributed by atoms with van der Waals surface area (Å²) >= 11 is 0. The molecule has 1 fully saturated rings. The van der Waals surface area contributed by atoms with Crippen LogP contribution in [0.5, 0.6) is 0 Å². The Morgan fingerprint density at radius 3 is 2.53 bits per heavy atom. The number of rotatable bonds is 3. The fourth-order valence-corrected chi connectivity index (χ4v) is 1.64. The van der Waals surface area contributed by atoms with E-state index < -0.39 is 0 Å². The van der Waals surface area contributed by atoms with E-state index >= 15 is 0 Å². The van der Waals surface area contributed by atoms with Crippen molar-refractivity contribution in [2.45, 2.75) is 58.7 Å². The van der Waals surface area contributed by atoms with E-state index in [2.05, 4.69) is 46.6 Å². The van der Waals surface area contributed by atoms with E-state index in [1.165, 1.54) is 12.8 Å². The lowest BCUT2D eigenvalue weighted by atomic mass is 10.1.